The van der Waals surface area contributed by atoms with E-state index >= 15 is 0 Å². The third kappa shape index (κ3) is 5.93. The Hall–Kier alpha value is -1.36. The summed E-state index contributed by atoms with van der Waals surface area (Å²) in [6, 6.07) is 0. The molecule has 0 aliphatic heterocycles. The predicted octanol–water partition coefficient (Wildman–Crippen LogP) is 3.77. The van der Waals surface area contributed by atoms with Gasteiger partial charge in [0.2, 0.25) is 0 Å². The van der Waals surface area contributed by atoms with Crippen LogP contribution in [0.3, 0.4) is 0 Å². The van der Waals surface area contributed by atoms with Crippen LogP contribution in [0.2, 0.25) is 0 Å². The number of carbonyl (C=O) groups is 1. The van der Waals surface area contributed by atoms with Crippen molar-refractivity contribution < 1.29 is 19.8 Å². The standard InChI is InChI=1S/C19H31NO4/c1-2-3-4-5-17(21)9-8-14-6-7-15-12-16(13-18(14)15)20-24-11-10-19(22)23/h8-9,14-15,17-18,21H,2-7,10-13H2,1H3,(H,22,23)/t14-,15+,17?,18-/m0/s1. The van der Waals surface area contributed by atoms with E-state index in [0.29, 0.717) is 17.8 Å². The molecule has 5 heteroatoms. The van der Waals surface area contributed by atoms with Crippen LogP contribution in [-0.2, 0) is 9.63 Å². The molecule has 2 aliphatic rings. The number of hydrogen-bond acceptors (Lipinski definition) is 4. The molecular weight excluding hydrogens is 306 g/mol. The minimum atomic E-state index is -0.860. The van der Waals surface area contributed by atoms with Crippen LogP contribution in [-0.4, -0.2) is 34.6 Å². The molecule has 2 fully saturated rings. The lowest BCUT2D eigenvalue weighted by molar-refractivity contribution is -0.138. The molecule has 2 saturated carbocycles. The van der Waals surface area contributed by atoms with Gasteiger partial charge in [0, 0.05) is 0 Å². The molecule has 0 radical (unpaired) electrons. The van der Waals surface area contributed by atoms with Gasteiger partial charge in [-0.05, 0) is 49.9 Å². The van der Waals surface area contributed by atoms with E-state index in [0.717, 1.165) is 31.4 Å². The fourth-order valence-corrected chi connectivity index (χ4v) is 3.97. The molecule has 1 unspecified atom stereocenters. The van der Waals surface area contributed by atoms with Gasteiger partial charge in [0.25, 0.3) is 0 Å². The fourth-order valence-electron chi connectivity index (χ4n) is 3.97. The normalized spacial score (nSPS) is 29.2. The largest absolute Gasteiger partial charge is 0.481 e. The number of fused-ring (bicyclic) bond motifs is 1. The van der Waals surface area contributed by atoms with Crippen LogP contribution in [0.1, 0.15) is 64.7 Å². The van der Waals surface area contributed by atoms with Crippen molar-refractivity contribution >= 4 is 11.7 Å². The van der Waals surface area contributed by atoms with Gasteiger partial charge in [0.15, 0.2) is 0 Å². The monoisotopic (exact) mass is 337 g/mol. The maximum Gasteiger partial charge on any atom is 0.306 e. The highest BCUT2D eigenvalue weighted by Crippen LogP contribution is 2.47. The maximum absolute atomic E-state index is 10.5. The van der Waals surface area contributed by atoms with Crippen LogP contribution in [0, 0.1) is 17.8 Å². The lowest BCUT2D eigenvalue weighted by atomic mass is 9.91. The maximum atomic E-state index is 10.5. The van der Waals surface area contributed by atoms with Crippen molar-refractivity contribution in [2.75, 3.05) is 6.61 Å². The Morgan fingerprint density at radius 3 is 2.96 bits per heavy atom. The number of unbranched alkanes of at least 4 members (excludes halogenated alkanes) is 2. The second kappa shape index (κ2) is 9.82. The summed E-state index contributed by atoms with van der Waals surface area (Å²) in [5.74, 6) is 0.938. The Kier molecular flexibility index (Phi) is 7.76. The molecule has 0 spiro atoms. The Morgan fingerprint density at radius 2 is 2.21 bits per heavy atom. The second-order valence-corrected chi connectivity index (χ2v) is 7.16. The Morgan fingerprint density at radius 1 is 1.38 bits per heavy atom. The van der Waals surface area contributed by atoms with Crippen molar-refractivity contribution in [1.82, 2.24) is 0 Å². The van der Waals surface area contributed by atoms with E-state index in [2.05, 4.69) is 18.2 Å². The van der Waals surface area contributed by atoms with Gasteiger partial charge in [-0.2, -0.15) is 0 Å². The molecule has 4 atom stereocenters. The van der Waals surface area contributed by atoms with E-state index in [4.69, 9.17) is 9.94 Å². The molecule has 5 nitrogen and oxygen atoms in total. The van der Waals surface area contributed by atoms with Gasteiger partial charge in [0.1, 0.15) is 6.61 Å². The van der Waals surface area contributed by atoms with Crippen LogP contribution in [0.15, 0.2) is 17.3 Å². The zero-order valence-corrected chi connectivity index (χ0v) is 14.7. The van der Waals surface area contributed by atoms with Gasteiger partial charge in [-0.25, -0.2) is 0 Å². The molecule has 0 aromatic heterocycles. The molecule has 0 saturated heterocycles. The molecule has 0 heterocycles. The van der Waals surface area contributed by atoms with Crippen molar-refractivity contribution in [1.29, 1.82) is 0 Å². The molecule has 2 rings (SSSR count). The van der Waals surface area contributed by atoms with Crippen molar-refractivity contribution in [3.8, 4) is 0 Å². The van der Waals surface area contributed by atoms with E-state index in [1.165, 1.54) is 25.7 Å². The van der Waals surface area contributed by atoms with Crippen LogP contribution >= 0.6 is 0 Å². The molecule has 2 N–H and O–H groups in total. The first kappa shape index (κ1) is 19.0. The number of carboxylic acid groups (broad SMARTS) is 1. The van der Waals surface area contributed by atoms with Crippen LogP contribution in [0.25, 0.3) is 0 Å². The predicted molar refractivity (Wildman–Crippen MR) is 93.9 cm³/mol. The summed E-state index contributed by atoms with van der Waals surface area (Å²) < 4.78 is 0. The van der Waals surface area contributed by atoms with Crippen molar-refractivity contribution in [3.05, 3.63) is 12.2 Å². The lowest BCUT2D eigenvalue weighted by Crippen LogP contribution is -2.09. The van der Waals surface area contributed by atoms with E-state index in [1.807, 2.05) is 6.08 Å². The van der Waals surface area contributed by atoms with Gasteiger partial charge < -0.3 is 15.1 Å². The molecule has 136 valence electrons. The topological polar surface area (TPSA) is 79.1 Å². The summed E-state index contributed by atoms with van der Waals surface area (Å²) in [5, 5.41) is 22.8. The van der Waals surface area contributed by atoms with Gasteiger partial charge in [-0.3, -0.25) is 4.79 Å². The molecule has 24 heavy (non-hydrogen) atoms. The van der Waals surface area contributed by atoms with Crippen LogP contribution < -0.4 is 0 Å². The number of hydrogen-bond donors (Lipinski definition) is 2. The quantitative estimate of drug-likeness (QED) is 0.361. The molecular formula is C19H31NO4. The first-order valence-corrected chi connectivity index (χ1v) is 9.36. The summed E-state index contributed by atoms with van der Waals surface area (Å²) in [5.41, 5.74) is 1.07. The van der Waals surface area contributed by atoms with Crippen molar-refractivity contribution in [3.63, 3.8) is 0 Å². The first-order valence-electron chi connectivity index (χ1n) is 9.36. The zero-order chi connectivity index (χ0) is 17.4. The molecule has 0 amide bonds. The number of rotatable bonds is 10. The Balaban J connectivity index is 1.75. The Bertz CT molecular complexity index is 460. The molecule has 0 aromatic carbocycles. The van der Waals surface area contributed by atoms with Crippen molar-refractivity contribution in [2.45, 2.75) is 70.8 Å². The lowest BCUT2D eigenvalue weighted by Gasteiger charge is -2.14. The fraction of sp³-hybridized carbons (Fsp3) is 0.789. The average Bonchev–Trinajstić information content (AvgIpc) is 3.10. The van der Waals surface area contributed by atoms with Crippen molar-refractivity contribution in [2.24, 2.45) is 22.9 Å². The van der Waals surface area contributed by atoms with E-state index in [9.17, 15) is 9.90 Å². The Labute approximate surface area is 144 Å². The van der Waals surface area contributed by atoms with Gasteiger partial charge in [-0.15, -0.1) is 0 Å². The third-order valence-corrected chi connectivity index (χ3v) is 5.28. The smallest absolute Gasteiger partial charge is 0.306 e. The zero-order valence-electron chi connectivity index (χ0n) is 14.7. The number of aliphatic hydroxyl groups excluding tert-OH is 1. The highest BCUT2D eigenvalue weighted by Gasteiger charge is 2.41. The number of aliphatic carboxylic acids is 1. The third-order valence-electron chi connectivity index (χ3n) is 5.28. The van der Waals surface area contributed by atoms with E-state index < -0.39 is 5.97 Å². The number of aliphatic hydroxyl groups is 1. The van der Waals surface area contributed by atoms with Gasteiger partial charge >= 0.3 is 5.97 Å². The highest BCUT2D eigenvalue weighted by molar-refractivity contribution is 5.86. The number of oxime groups is 1. The summed E-state index contributed by atoms with van der Waals surface area (Å²) in [6.45, 7) is 2.31. The van der Waals surface area contributed by atoms with Gasteiger partial charge in [-0.1, -0.05) is 43.5 Å². The molecule has 0 bridgehead atoms. The van der Waals surface area contributed by atoms with Gasteiger partial charge in [0.05, 0.1) is 18.2 Å². The summed E-state index contributed by atoms with van der Waals surface area (Å²) in [6.07, 6.45) is 12.5. The highest BCUT2D eigenvalue weighted by atomic mass is 16.6. The number of carboxylic acids is 1. The molecule has 0 aromatic rings. The van der Waals surface area contributed by atoms with E-state index in [1.54, 1.807) is 0 Å². The minimum absolute atomic E-state index is 0.00901. The number of allylic oxidation sites excluding steroid dienone is 1. The summed E-state index contributed by atoms with van der Waals surface area (Å²) >= 11 is 0. The van der Waals surface area contributed by atoms with E-state index in [-0.39, 0.29) is 19.1 Å². The average molecular weight is 337 g/mol. The van der Waals surface area contributed by atoms with Crippen LogP contribution in [0.4, 0.5) is 0 Å². The summed E-state index contributed by atoms with van der Waals surface area (Å²) in [7, 11) is 0. The number of nitrogens with zero attached hydrogens (tertiary/aromatic N) is 1. The molecule has 2 aliphatic carbocycles. The van der Waals surface area contributed by atoms with Crippen LogP contribution in [0.5, 0.6) is 0 Å². The first-order chi connectivity index (χ1) is 11.6. The summed E-state index contributed by atoms with van der Waals surface area (Å²) in [4.78, 5) is 15.6. The minimum Gasteiger partial charge on any atom is -0.481 e. The second-order valence-electron chi connectivity index (χ2n) is 7.16. The SMILES string of the molecule is CCCCCC(O)C=C[C@@H]1CC[C@@H]2CC(=NOCCC(=O)O)C[C@H]21.